The number of aryl methyl sites for hydroxylation is 1. The third-order valence-electron chi connectivity index (χ3n) is 3.41. The molecular weight excluding hydrogens is 363 g/mol. The summed E-state index contributed by atoms with van der Waals surface area (Å²) in [6.45, 7) is 1.87. The molecule has 0 aliphatic rings. The van der Waals surface area contributed by atoms with Crippen molar-refractivity contribution in [2.45, 2.75) is 18.2 Å². The molecule has 0 bridgehead atoms. The maximum absolute atomic E-state index is 13.9. The smallest absolute Gasteiger partial charge is 0.253 e. The first-order chi connectivity index (χ1) is 12.3. The molecule has 0 aliphatic carbocycles. The van der Waals surface area contributed by atoms with E-state index in [9.17, 15) is 12.8 Å². The highest BCUT2D eigenvalue weighted by molar-refractivity contribution is 7.90. The Labute approximate surface area is 148 Å². The number of nitrogen functional groups attached to an aromatic ring is 1. The van der Waals surface area contributed by atoms with Crippen molar-refractivity contribution >= 4 is 27.3 Å². The van der Waals surface area contributed by atoms with Gasteiger partial charge in [0, 0.05) is 24.6 Å². The van der Waals surface area contributed by atoms with Crippen LogP contribution in [0, 0.1) is 5.82 Å². The summed E-state index contributed by atoms with van der Waals surface area (Å²) in [5.41, 5.74) is 6.54. The zero-order valence-corrected chi connectivity index (χ0v) is 14.7. The van der Waals surface area contributed by atoms with E-state index in [4.69, 9.17) is 10.2 Å². The highest BCUT2D eigenvalue weighted by Crippen LogP contribution is 2.25. The SMILES string of the molecule is CCc1nnc(-c2cnc(Nc3ccc(S(C)(=O)=O)c(F)c3)nc2N)o1. The van der Waals surface area contributed by atoms with E-state index in [0.717, 1.165) is 18.4 Å². The molecule has 2 aromatic heterocycles. The van der Waals surface area contributed by atoms with Crippen molar-refractivity contribution in [3.05, 3.63) is 36.1 Å². The van der Waals surface area contributed by atoms with Crippen LogP contribution in [0.5, 0.6) is 0 Å². The van der Waals surface area contributed by atoms with E-state index in [1.807, 2.05) is 6.92 Å². The number of nitrogens with zero attached hydrogens (tertiary/aromatic N) is 4. The first-order valence-electron chi connectivity index (χ1n) is 7.50. The minimum Gasteiger partial charge on any atom is -0.421 e. The standard InChI is InChI=1S/C15H15FN6O3S/c1-3-12-21-22-14(25-12)9-7-18-15(20-13(9)17)19-8-4-5-11(10(16)6-8)26(2,23)24/h4-7H,3H2,1-2H3,(H3,17,18,19,20). The Kier molecular flexibility index (Phi) is 4.55. The Balaban J connectivity index is 1.85. The first-order valence-corrected chi connectivity index (χ1v) is 9.39. The number of anilines is 3. The lowest BCUT2D eigenvalue weighted by molar-refractivity contribution is 0.512. The van der Waals surface area contributed by atoms with Gasteiger partial charge in [-0.2, -0.15) is 4.98 Å². The van der Waals surface area contributed by atoms with E-state index >= 15 is 0 Å². The van der Waals surface area contributed by atoms with E-state index < -0.39 is 15.7 Å². The zero-order valence-electron chi connectivity index (χ0n) is 13.9. The molecule has 0 aliphatic heterocycles. The van der Waals surface area contributed by atoms with E-state index in [2.05, 4.69) is 25.5 Å². The van der Waals surface area contributed by atoms with E-state index in [-0.39, 0.29) is 28.2 Å². The predicted molar refractivity (Wildman–Crippen MR) is 91.9 cm³/mol. The minimum atomic E-state index is -3.64. The van der Waals surface area contributed by atoms with Gasteiger partial charge in [-0.3, -0.25) is 0 Å². The van der Waals surface area contributed by atoms with Gasteiger partial charge in [0.2, 0.25) is 11.8 Å². The third kappa shape index (κ3) is 3.61. The van der Waals surface area contributed by atoms with Crippen LogP contribution in [0.1, 0.15) is 12.8 Å². The Morgan fingerprint density at radius 3 is 2.65 bits per heavy atom. The fourth-order valence-electron chi connectivity index (χ4n) is 2.13. The van der Waals surface area contributed by atoms with Crippen LogP contribution in [0.3, 0.4) is 0 Å². The second-order valence-corrected chi connectivity index (χ2v) is 7.37. The van der Waals surface area contributed by atoms with Crippen molar-refractivity contribution < 1.29 is 17.2 Å². The molecule has 0 saturated heterocycles. The fraction of sp³-hybridized carbons (Fsp3) is 0.200. The van der Waals surface area contributed by atoms with Gasteiger partial charge in [-0.25, -0.2) is 17.8 Å². The van der Waals surface area contributed by atoms with Crippen molar-refractivity contribution in [3.63, 3.8) is 0 Å². The molecule has 0 amide bonds. The van der Waals surface area contributed by atoms with Gasteiger partial charge in [0.05, 0.1) is 5.56 Å². The fourth-order valence-corrected chi connectivity index (χ4v) is 2.86. The second-order valence-electron chi connectivity index (χ2n) is 5.39. The maximum Gasteiger partial charge on any atom is 0.253 e. The zero-order chi connectivity index (χ0) is 18.9. The van der Waals surface area contributed by atoms with Crippen molar-refractivity contribution in [3.8, 4) is 11.5 Å². The summed E-state index contributed by atoms with van der Waals surface area (Å²) in [6, 6.07) is 3.60. The molecule has 3 rings (SSSR count). The molecule has 2 heterocycles. The molecule has 9 nitrogen and oxygen atoms in total. The molecule has 1 aromatic carbocycles. The van der Waals surface area contributed by atoms with Crippen molar-refractivity contribution in [1.82, 2.24) is 20.2 Å². The average molecular weight is 378 g/mol. The van der Waals surface area contributed by atoms with Gasteiger partial charge in [0.1, 0.15) is 16.5 Å². The summed E-state index contributed by atoms with van der Waals surface area (Å²) in [5, 5.41) is 10.5. The van der Waals surface area contributed by atoms with Gasteiger partial charge < -0.3 is 15.5 Å². The topological polar surface area (TPSA) is 137 Å². The summed E-state index contributed by atoms with van der Waals surface area (Å²) in [4.78, 5) is 7.76. The average Bonchev–Trinajstić information content (AvgIpc) is 3.02. The summed E-state index contributed by atoms with van der Waals surface area (Å²) >= 11 is 0. The van der Waals surface area contributed by atoms with Gasteiger partial charge in [-0.1, -0.05) is 6.92 Å². The normalized spacial score (nSPS) is 11.5. The van der Waals surface area contributed by atoms with E-state index in [1.54, 1.807) is 0 Å². The van der Waals surface area contributed by atoms with Gasteiger partial charge in [0.15, 0.2) is 9.84 Å². The van der Waals surface area contributed by atoms with Crippen LogP contribution in [0.4, 0.5) is 21.8 Å². The number of hydrogen-bond donors (Lipinski definition) is 2. The molecule has 11 heteroatoms. The highest BCUT2D eigenvalue weighted by Gasteiger charge is 2.16. The summed E-state index contributed by atoms with van der Waals surface area (Å²) in [7, 11) is -3.64. The number of nitrogens with one attached hydrogen (secondary N) is 1. The number of nitrogens with two attached hydrogens (primary N) is 1. The van der Waals surface area contributed by atoms with Crippen LogP contribution in [0.25, 0.3) is 11.5 Å². The summed E-state index contributed by atoms with van der Waals surface area (Å²) in [6.07, 6.45) is 2.92. The van der Waals surface area contributed by atoms with Gasteiger partial charge in [-0.05, 0) is 18.2 Å². The van der Waals surface area contributed by atoms with Crippen LogP contribution in [0.15, 0.2) is 33.7 Å². The molecule has 3 N–H and O–H groups in total. The Bertz CT molecular complexity index is 1070. The van der Waals surface area contributed by atoms with Crippen molar-refractivity contribution in [1.29, 1.82) is 0 Å². The summed E-state index contributed by atoms with van der Waals surface area (Å²) < 4.78 is 42.2. The quantitative estimate of drug-likeness (QED) is 0.682. The Morgan fingerprint density at radius 1 is 1.31 bits per heavy atom. The minimum absolute atomic E-state index is 0.0991. The lowest BCUT2D eigenvalue weighted by atomic mass is 10.3. The lowest BCUT2D eigenvalue weighted by Gasteiger charge is -2.08. The van der Waals surface area contributed by atoms with Gasteiger partial charge in [0.25, 0.3) is 5.89 Å². The second kappa shape index (κ2) is 6.67. The van der Waals surface area contributed by atoms with Gasteiger partial charge in [-0.15, -0.1) is 10.2 Å². The molecule has 0 saturated carbocycles. The van der Waals surface area contributed by atoms with E-state index in [1.165, 1.54) is 12.3 Å². The van der Waals surface area contributed by atoms with Crippen LogP contribution < -0.4 is 11.1 Å². The molecule has 26 heavy (non-hydrogen) atoms. The Morgan fingerprint density at radius 2 is 2.08 bits per heavy atom. The number of sulfone groups is 1. The summed E-state index contributed by atoms with van der Waals surface area (Å²) in [5.74, 6) is -0.00689. The van der Waals surface area contributed by atoms with Gasteiger partial charge >= 0.3 is 0 Å². The highest BCUT2D eigenvalue weighted by atomic mass is 32.2. The number of aromatic nitrogens is 4. The Hall–Kier alpha value is -3.08. The molecule has 136 valence electrons. The van der Waals surface area contributed by atoms with Crippen LogP contribution >= 0.6 is 0 Å². The van der Waals surface area contributed by atoms with Crippen LogP contribution in [-0.4, -0.2) is 34.8 Å². The lowest BCUT2D eigenvalue weighted by Crippen LogP contribution is -2.04. The molecule has 0 radical (unpaired) electrons. The maximum atomic E-state index is 13.9. The number of halogens is 1. The number of rotatable bonds is 5. The first kappa shape index (κ1) is 17.7. The van der Waals surface area contributed by atoms with E-state index in [0.29, 0.717) is 17.9 Å². The molecule has 0 atom stereocenters. The molecular formula is C15H15FN6O3S. The third-order valence-corrected chi connectivity index (χ3v) is 4.54. The largest absolute Gasteiger partial charge is 0.421 e. The number of benzene rings is 1. The number of hydrogen-bond acceptors (Lipinski definition) is 9. The van der Waals surface area contributed by atoms with Crippen molar-refractivity contribution in [2.24, 2.45) is 0 Å². The molecule has 0 spiro atoms. The molecule has 3 aromatic rings. The van der Waals surface area contributed by atoms with Crippen LogP contribution in [0.2, 0.25) is 0 Å². The molecule has 0 unspecified atom stereocenters. The molecule has 0 fully saturated rings. The predicted octanol–water partition coefficient (Wildman–Crippen LogP) is 1.96. The van der Waals surface area contributed by atoms with Crippen molar-refractivity contribution in [2.75, 3.05) is 17.3 Å². The van der Waals surface area contributed by atoms with Crippen LogP contribution in [-0.2, 0) is 16.3 Å². The monoisotopic (exact) mass is 378 g/mol.